The maximum atomic E-state index is 12.2. The van der Waals surface area contributed by atoms with Crippen LogP contribution in [0, 0.1) is 12.3 Å². The number of benzene rings is 1. The van der Waals surface area contributed by atoms with Gasteiger partial charge in [-0.05, 0) is 43.4 Å². The van der Waals surface area contributed by atoms with Gasteiger partial charge in [-0.15, -0.1) is 10.2 Å². The maximum absolute atomic E-state index is 12.2. The first-order chi connectivity index (χ1) is 11.3. The van der Waals surface area contributed by atoms with E-state index in [1.165, 1.54) is 6.39 Å². The molecule has 7 nitrogen and oxygen atoms in total. The predicted molar refractivity (Wildman–Crippen MR) is 91.6 cm³/mol. The topological polar surface area (TPSA) is 100 Å². The van der Waals surface area contributed by atoms with Crippen molar-refractivity contribution in [2.45, 2.75) is 40.2 Å². The van der Waals surface area contributed by atoms with Crippen LogP contribution in [0.5, 0.6) is 0 Å². The van der Waals surface area contributed by atoms with Crippen molar-refractivity contribution in [1.29, 1.82) is 0 Å². The highest BCUT2D eigenvalue weighted by Gasteiger charge is 2.21. The summed E-state index contributed by atoms with van der Waals surface area (Å²) in [6.07, 6.45) is 1.47. The molecule has 0 fully saturated rings. The van der Waals surface area contributed by atoms with Crippen LogP contribution in [0.1, 0.15) is 32.8 Å². The zero-order valence-electron chi connectivity index (χ0n) is 14.5. The third-order valence-electron chi connectivity index (χ3n) is 3.67. The van der Waals surface area contributed by atoms with Gasteiger partial charge in [0.2, 0.25) is 12.3 Å². The molecule has 1 atom stereocenters. The number of amides is 2. The molecule has 0 aliphatic carbocycles. The van der Waals surface area contributed by atoms with E-state index in [-0.39, 0.29) is 11.4 Å². The van der Waals surface area contributed by atoms with Gasteiger partial charge in [-0.25, -0.2) is 4.79 Å². The van der Waals surface area contributed by atoms with Gasteiger partial charge in [0.25, 0.3) is 0 Å². The molecule has 0 saturated carbocycles. The molecule has 2 aromatic rings. The summed E-state index contributed by atoms with van der Waals surface area (Å²) >= 11 is 0. The van der Waals surface area contributed by atoms with Crippen LogP contribution in [0.4, 0.5) is 10.5 Å². The average Bonchev–Trinajstić information content (AvgIpc) is 3.00. The lowest BCUT2D eigenvalue weighted by molar-refractivity contribution is 0.129. The zero-order chi connectivity index (χ0) is 17.7. The second-order valence-electron chi connectivity index (χ2n) is 6.80. The fourth-order valence-corrected chi connectivity index (χ4v) is 2.55. The van der Waals surface area contributed by atoms with Crippen LogP contribution < -0.4 is 10.6 Å². The molecule has 2 amide bonds. The van der Waals surface area contributed by atoms with Crippen molar-refractivity contribution in [2.24, 2.45) is 5.41 Å². The molecule has 0 bridgehead atoms. The lowest BCUT2D eigenvalue weighted by Gasteiger charge is -2.26. The van der Waals surface area contributed by atoms with E-state index in [9.17, 15) is 9.90 Å². The fraction of sp³-hybridized carbons (Fsp3) is 0.471. The molecule has 2 rings (SSSR count). The van der Waals surface area contributed by atoms with Gasteiger partial charge in [-0.2, -0.15) is 0 Å². The van der Waals surface area contributed by atoms with Gasteiger partial charge < -0.3 is 20.2 Å². The second-order valence-corrected chi connectivity index (χ2v) is 6.80. The molecule has 1 heterocycles. The summed E-state index contributed by atoms with van der Waals surface area (Å²) in [5, 5.41) is 22.7. The van der Waals surface area contributed by atoms with Crippen LogP contribution in [0.25, 0.3) is 11.5 Å². The minimum absolute atomic E-state index is 0.188. The summed E-state index contributed by atoms with van der Waals surface area (Å²) in [5.74, 6) is 0.400. The van der Waals surface area contributed by atoms with E-state index in [1.807, 2.05) is 32.9 Å². The summed E-state index contributed by atoms with van der Waals surface area (Å²) in [5.41, 5.74) is 2.16. The molecule has 7 heteroatoms. The molecule has 0 radical (unpaired) electrons. The standard InChI is InChI=1S/C17H24N4O3/c1-11-5-6-13(15-21-19-10-24-15)7-14(11)20-16(23)18-9-17(3,4)8-12(2)22/h5-7,10,12,22H,8-9H2,1-4H3,(H2,18,20,23). The molecular formula is C17H24N4O3. The van der Waals surface area contributed by atoms with E-state index in [0.29, 0.717) is 24.5 Å². The average molecular weight is 332 g/mol. The van der Waals surface area contributed by atoms with Crippen LogP contribution in [0.15, 0.2) is 29.0 Å². The lowest BCUT2D eigenvalue weighted by Crippen LogP contribution is -2.38. The number of aliphatic hydroxyl groups excluding tert-OH is 1. The Morgan fingerprint density at radius 2 is 2.17 bits per heavy atom. The monoisotopic (exact) mass is 332 g/mol. The summed E-state index contributed by atoms with van der Waals surface area (Å²) < 4.78 is 5.17. The lowest BCUT2D eigenvalue weighted by atomic mass is 9.87. The van der Waals surface area contributed by atoms with Crippen molar-refractivity contribution in [3.8, 4) is 11.5 Å². The second kappa shape index (κ2) is 7.44. The van der Waals surface area contributed by atoms with E-state index >= 15 is 0 Å². The highest BCUT2D eigenvalue weighted by Crippen LogP contribution is 2.24. The third kappa shape index (κ3) is 5.06. The number of nitrogens with one attached hydrogen (secondary N) is 2. The number of hydrogen-bond acceptors (Lipinski definition) is 5. The van der Waals surface area contributed by atoms with Crippen molar-refractivity contribution < 1.29 is 14.3 Å². The number of carbonyl (C=O) groups excluding carboxylic acids is 1. The van der Waals surface area contributed by atoms with Gasteiger partial charge in [0.1, 0.15) is 0 Å². The molecule has 130 valence electrons. The van der Waals surface area contributed by atoms with Gasteiger partial charge in [0.15, 0.2) is 0 Å². The SMILES string of the molecule is Cc1ccc(-c2nnco2)cc1NC(=O)NCC(C)(C)CC(C)O. The Morgan fingerprint density at radius 3 is 2.79 bits per heavy atom. The minimum atomic E-state index is -0.404. The number of hydrogen-bond donors (Lipinski definition) is 3. The molecule has 3 N–H and O–H groups in total. The smallest absolute Gasteiger partial charge is 0.319 e. The summed E-state index contributed by atoms with van der Waals surface area (Å²) in [4.78, 5) is 12.2. The van der Waals surface area contributed by atoms with E-state index in [1.54, 1.807) is 13.0 Å². The van der Waals surface area contributed by atoms with Crippen molar-refractivity contribution >= 4 is 11.7 Å². The number of carbonyl (C=O) groups is 1. The van der Waals surface area contributed by atoms with Crippen molar-refractivity contribution in [3.05, 3.63) is 30.2 Å². The molecule has 0 spiro atoms. The van der Waals surface area contributed by atoms with Gasteiger partial charge in [0, 0.05) is 17.8 Å². The van der Waals surface area contributed by atoms with Gasteiger partial charge in [-0.3, -0.25) is 0 Å². The molecule has 1 aromatic heterocycles. The first-order valence-electron chi connectivity index (χ1n) is 7.87. The number of rotatable bonds is 6. The zero-order valence-corrected chi connectivity index (χ0v) is 14.5. The predicted octanol–water partition coefficient (Wildman–Crippen LogP) is 2.96. The van der Waals surface area contributed by atoms with E-state index in [2.05, 4.69) is 20.8 Å². The fourth-order valence-electron chi connectivity index (χ4n) is 2.55. The highest BCUT2D eigenvalue weighted by atomic mass is 16.4. The first kappa shape index (κ1) is 17.9. The van der Waals surface area contributed by atoms with Gasteiger partial charge in [0.05, 0.1) is 6.10 Å². The molecule has 0 saturated heterocycles. The molecule has 0 aliphatic heterocycles. The minimum Gasteiger partial charge on any atom is -0.423 e. The summed E-state index contributed by atoms with van der Waals surface area (Å²) in [7, 11) is 0. The summed E-state index contributed by atoms with van der Waals surface area (Å²) in [6, 6.07) is 5.24. The quantitative estimate of drug-likeness (QED) is 0.755. The van der Waals surface area contributed by atoms with Gasteiger partial charge in [-0.1, -0.05) is 19.9 Å². The molecule has 1 unspecified atom stereocenters. The first-order valence-corrected chi connectivity index (χ1v) is 7.87. The van der Waals surface area contributed by atoms with Gasteiger partial charge >= 0.3 is 6.03 Å². The number of urea groups is 1. The van der Waals surface area contributed by atoms with E-state index < -0.39 is 6.10 Å². The Morgan fingerprint density at radius 1 is 1.42 bits per heavy atom. The highest BCUT2D eigenvalue weighted by molar-refractivity contribution is 5.90. The summed E-state index contributed by atoms with van der Waals surface area (Å²) in [6.45, 7) is 8.12. The largest absolute Gasteiger partial charge is 0.423 e. The van der Waals surface area contributed by atoms with Crippen LogP contribution in [0.3, 0.4) is 0 Å². The molecule has 1 aromatic carbocycles. The maximum Gasteiger partial charge on any atom is 0.319 e. The van der Waals surface area contributed by atoms with E-state index in [0.717, 1.165) is 11.1 Å². The number of anilines is 1. The Hall–Kier alpha value is -2.41. The Kier molecular flexibility index (Phi) is 5.56. The van der Waals surface area contributed by atoms with Crippen LogP contribution in [0.2, 0.25) is 0 Å². The number of aromatic nitrogens is 2. The van der Waals surface area contributed by atoms with Crippen molar-refractivity contribution in [2.75, 3.05) is 11.9 Å². The van der Waals surface area contributed by atoms with E-state index in [4.69, 9.17) is 4.42 Å². The Labute approximate surface area is 141 Å². The van der Waals surface area contributed by atoms with Crippen LogP contribution in [-0.4, -0.2) is 34.0 Å². The molecule has 0 aliphatic rings. The number of nitrogens with zero attached hydrogens (tertiary/aromatic N) is 2. The Bertz CT molecular complexity index is 681. The van der Waals surface area contributed by atoms with Crippen molar-refractivity contribution in [1.82, 2.24) is 15.5 Å². The normalized spacial score (nSPS) is 12.7. The number of aryl methyl sites for hydroxylation is 1. The third-order valence-corrected chi connectivity index (χ3v) is 3.67. The molecular weight excluding hydrogens is 308 g/mol. The molecule has 24 heavy (non-hydrogen) atoms. The van der Waals surface area contributed by atoms with Crippen LogP contribution >= 0.6 is 0 Å². The van der Waals surface area contributed by atoms with Crippen LogP contribution in [-0.2, 0) is 0 Å². The Balaban J connectivity index is 2.00. The van der Waals surface area contributed by atoms with Crippen molar-refractivity contribution in [3.63, 3.8) is 0 Å². The number of aliphatic hydroxyl groups is 1.